The SMILES string of the molecule is O.O.O.O.[F][Zn][F].[F][Zn][F]. The minimum absolute atomic E-state index is 0. The van der Waals surface area contributed by atoms with Crippen LogP contribution in [-0.2, 0) is 36.2 Å². The van der Waals surface area contributed by atoms with Crippen molar-refractivity contribution in [1.29, 1.82) is 0 Å². The predicted octanol–water partition coefficient (Wildman–Crippen LogP) is -1.62. The Kier molecular flexibility index (Phi) is 434. The van der Waals surface area contributed by atoms with Gasteiger partial charge in [-0.3, -0.25) is 0 Å². The summed E-state index contributed by atoms with van der Waals surface area (Å²) in [6.45, 7) is 0. The van der Waals surface area contributed by atoms with Gasteiger partial charge in [0.15, 0.2) is 0 Å². The van der Waals surface area contributed by atoms with Crippen molar-refractivity contribution in [2.75, 3.05) is 0 Å². The van der Waals surface area contributed by atoms with Crippen LogP contribution in [0.15, 0.2) is 0 Å². The number of rotatable bonds is 0. The molecule has 64 valence electrons. The number of hydrogen-bond donors (Lipinski definition) is 0. The van der Waals surface area contributed by atoms with Crippen molar-refractivity contribution in [3.05, 3.63) is 0 Å². The molecule has 0 spiro atoms. The Balaban J connectivity index is -0.00000000571. The molecular formula is H8F4O4Zn2. The molecule has 0 aromatic carbocycles. The third-order valence-electron chi connectivity index (χ3n) is 0. The standard InChI is InChI=1S/4FH.4H2O.2Zn/h4*1H;4*1H2;;/q;;;;;;;;2*+2/p-4. The molecule has 0 saturated carbocycles. The zero-order chi connectivity index (χ0) is 5.41. The van der Waals surface area contributed by atoms with Gasteiger partial charge in [0.2, 0.25) is 0 Å². The average molecular weight is 279 g/mol. The first-order valence-corrected chi connectivity index (χ1v) is 5.55. The summed E-state index contributed by atoms with van der Waals surface area (Å²) < 4.78 is 39.2. The van der Waals surface area contributed by atoms with Crippen LogP contribution >= 0.6 is 0 Å². The van der Waals surface area contributed by atoms with Gasteiger partial charge in [-0.05, 0) is 0 Å². The molecule has 0 amide bonds. The number of halogens is 4. The van der Waals surface area contributed by atoms with Gasteiger partial charge in [0.1, 0.15) is 0 Å². The third-order valence-corrected chi connectivity index (χ3v) is 0. The van der Waals surface area contributed by atoms with Gasteiger partial charge >= 0.3 is 49.5 Å². The van der Waals surface area contributed by atoms with Gasteiger partial charge in [0, 0.05) is 0 Å². The molecule has 0 unspecified atom stereocenters. The first-order valence-electron chi connectivity index (χ1n) is 1.07. The van der Waals surface area contributed by atoms with E-state index in [2.05, 4.69) is 0 Å². The fourth-order valence-electron chi connectivity index (χ4n) is 0. The van der Waals surface area contributed by atoms with Crippen molar-refractivity contribution in [2.45, 2.75) is 0 Å². The second-order valence-electron chi connectivity index (χ2n) is 0.202. The first kappa shape index (κ1) is 45.0. The molecule has 8 N–H and O–H groups in total. The van der Waals surface area contributed by atoms with Gasteiger partial charge in [-0.25, -0.2) is 0 Å². The maximum absolute atomic E-state index is 9.81. The van der Waals surface area contributed by atoms with Crippen LogP contribution in [-0.4, -0.2) is 21.9 Å². The minimum atomic E-state index is -2.88. The predicted molar refractivity (Wildman–Crippen MR) is 18.9 cm³/mol. The molecular weight excluding hydrogens is 271 g/mol. The Bertz CT molecular complexity index is 17.2. The zero-order valence-corrected chi connectivity index (χ0v) is 10.9. The van der Waals surface area contributed by atoms with Crippen LogP contribution in [0.1, 0.15) is 0 Å². The molecule has 0 aliphatic rings. The van der Waals surface area contributed by atoms with E-state index in [4.69, 9.17) is 0 Å². The van der Waals surface area contributed by atoms with Crippen LogP contribution in [0, 0.1) is 0 Å². The van der Waals surface area contributed by atoms with Crippen molar-refractivity contribution in [2.24, 2.45) is 0 Å². The van der Waals surface area contributed by atoms with Crippen LogP contribution < -0.4 is 0 Å². The Morgan fingerprint density at radius 3 is 0.500 bits per heavy atom. The van der Waals surface area contributed by atoms with Crippen LogP contribution in [0.3, 0.4) is 0 Å². The quantitative estimate of drug-likeness (QED) is 0.373. The van der Waals surface area contributed by atoms with Gasteiger partial charge in [-0.1, -0.05) is 0 Å². The molecule has 0 rings (SSSR count). The summed E-state index contributed by atoms with van der Waals surface area (Å²) in [6.07, 6.45) is 0. The summed E-state index contributed by atoms with van der Waals surface area (Å²) in [5, 5.41) is 0. The average Bonchev–Trinajstić information content (AvgIpc) is 1.39. The van der Waals surface area contributed by atoms with E-state index in [1.165, 1.54) is 0 Å². The molecule has 0 aliphatic carbocycles. The Labute approximate surface area is 71.7 Å². The van der Waals surface area contributed by atoms with Gasteiger partial charge in [-0.2, -0.15) is 0 Å². The van der Waals surface area contributed by atoms with Crippen molar-refractivity contribution in [3.8, 4) is 0 Å². The second kappa shape index (κ2) is 96.5. The molecule has 0 atom stereocenters. The van der Waals surface area contributed by atoms with E-state index >= 15 is 0 Å². The van der Waals surface area contributed by atoms with E-state index in [1.54, 1.807) is 0 Å². The van der Waals surface area contributed by atoms with Crippen molar-refractivity contribution >= 4 is 0 Å². The molecule has 0 aromatic rings. The summed E-state index contributed by atoms with van der Waals surface area (Å²) >= 11 is -5.75. The maximum atomic E-state index is 9.81. The van der Waals surface area contributed by atoms with E-state index in [1.807, 2.05) is 0 Å². The van der Waals surface area contributed by atoms with Gasteiger partial charge in [0.05, 0.1) is 0 Å². The Morgan fingerprint density at radius 1 is 0.500 bits per heavy atom. The van der Waals surface area contributed by atoms with E-state index in [9.17, 15) is 13.3 Å². The summed E-state index contributed by atoms with van der Waals surface area (Å²) in [7, 11) is 0. The molecule has 0 saturated heterocycles. The monoisotopic (exact) mass is 276 g/mol. The van der Waals surface area contributed by atoms with Crippen LogP contribution in [0.4, 0.5) is 13.3 Å². The Hall–Kier alpha value is 0.807. The van der Waals surface area contributed by atoms with Crippen molar-refractivity contribution < 1.29 is 71.4 Å². The second-order valence-corrected chi connectivity index (χ2v) is 1.05. The van der Waals surface area contributed by atoms with Gasteiger partial charge < -0.3 is 21.9 Å². The summed E-state index contributed by atoms with van der Waals surface area (Å²) in [5.41, 5.74) is 0. The molecule has 0 fully saturated rings. The molecule has 0 radical (unpaired) electrons. The topological polar surface area (TPSA) is 126 Å². The normalized spacial score (nSPS) is 2.00. The molecule has 0 heterocycles. The van der Waals surface area contributed by atoms with Gasteiger partial charge in [-0.15, -0.1) is 0 Å². The van der Waals surface area contributed by atoms with E-state index in [0.29, 0.717) is 0 Å². The summed E-state index contributed by atoms with van der Waals surface area (Å²) in [5.74, 6) is 0. The first-order chi connectivity index (χ1) is 2.83. The fourth-order valence-corrected chi connectivity index (χ4v) is 0. The third kappa shape index (κ3) is 825. The Morgan fingerprint density at radius 2 is 0.500 bits per heavy atom. The van der Waals surface area contributed by atoms with E-state index in [0.717, 1.165) is 0 Å². The molecule has 0 bridgehead atoms. The molecule has 0 aromatic heterocycles. The fraction of sp³-hybridized carbons (Fsp3) is 0. The zero-order valence-electron chi connectivity index (χ0n) is 4.93. The summed E-state index contributed by atoms with van der Waals surface area (Å²) in [6, 6.07) is 0. The van der Waals surface area contributed by atoms with Crippen LogP contribution in [0.2, 0.25) is 0 Å². The van der Waals surface area contributed by atoms with E-state index < -0.39 is 36.2 Å². The molecule has 0 aliphatic heterocycles. The molecule has 10 heavy (non-hydrogen) atoms. The molecule has 10 heteroatoms. The van der Waals surface area contributed by atoms with Crippen LogP contribution in [0.25, 0.3) is 0 Å². The van der Waals surface area contributed by atoms with E-state index in [-0.39, 0.29) is 21.9 Å². The van der Waals surface area contributed by atoms with Crippen molar-refractivity contribution in [1.82, 2.24) is 0 Å². The van der Waals surface area contributed by atoms with Crippen LogP contribution in [0.5, 0.6) is 0 Å². The van der Waals surface area contributed by atoms with Gasteiger partial charge in [0.25, 0.3) is 0 Å². The number of hydrogen-bond acceptors (Lipinski definition) is 0. The summed E-state index contributed by atoms with van der Waals surface area (Å²) in [4.78, 5) is 0. The van der Waals surface area contributed by atoms with Crippen molar-refractivity contribution in [3.63, 3.8) is 0 Å². The molecule has 4 nitrogen and oxygen atoms in total.